The molecule has 2 N–H and O–H groups in total. The Kier molecular flexibility index (Phi) is 7.33. The molecule has 1 aliphatic rings. The number of halogens is 4. The van der Waals surface area contributed by atoms with Gasteiger partial charge in [-0.25, -0.2) is 8.42 Å². The smallest absolute Gasteiger partial charge is 0.379 e. The predicted molar refractivity (Wildman–Crippen MR) is 114 cm³/mol. The summed E-state index contributed by atoms with van der Waals surface area (Å²) in [4.78, 5) is 12.3. The van der Waals surface area contributed by atoms with Crippen molar-refractivity contribution in [1.29, 1.82) is 0 Å². The molecule has 0 unspecified atom stereocenters. The fraction of sp³-hybridized carbons (Fsp3) is 0.350. The second-order valence-electron chi connectivity index (χ2n) is 7.09. The Balaban J connectivity index is 1.69. The number of morpholine rings is 1. The summed E-state index contributed by atoms with van der Waals surface area (Å²) in [6.07, 6.45) is -4.65. The molecule has 1 heterocycles. The van der Waals surface area contributed by atoms with E-state index in [2.05, 4.69) is 10.6 Å². The summed E-state index contributed by atoms with van der Waals surface area (Å²) in [5.74, 6) is -0.612. The van der Waals surface area contributed by atoms with Crippen LogP contribution < -0.4 is 10.6 Å². The summed E-state index contributed by atoms with van der Waals surface area (Å²) in [7, 11) is -3.73. The molecule has 0 saturated carbocycles. The monoisotopic (exact) mass is 491 g/mol. The van der Waals surface area contributed by atoms with E-state index in [1.165, 1.54) is 16.4 Å². The average molecular weight is 492 g/mol. The molecule has 1 saturated heterocycles. The lowest BCUT2D eigenvalue weighted by atomic mass is 10.2. The number of nitrogens with one attached hydrogen (secondary N) is 2. The molecular formula is C20H21ClF3N3O4S. The zero-order valence-electron chi connectivity index (χ0n) is 17.0. The SMILES string of the molecule is Cc1ccc(NCC(=O)Nc2ccc(Cl)c(C(F)(F)F)c2)cc1S(=O)(=O)N1CCOCC1. The van der Waals surface area contributed by atoms with Gasteiger partial charge in [0.25, 0.3) is 0 Å². The molecular weight excluding hydrogens is 471 g/mol. The van der Waals surface area contributed by atoms with Crippen molar-refractivity contribution in [3.05, 3.63) is 52.5 Å². The third-order valence-electron chi connectivity index (χ3n) is 4.78. The number of carbonyl (C=O) groups is 1. The van der Waals surface area contributed by atoms with Crippen LogP contribution in [0.2, 0.25) is 5.02 Å². The molecule has 2 aromatic rings. The Morgan fingerprint density at radius 1 is 1.12 bits per heavy atom. The molecule has 12 heteroatoms. The number of hydrogen-bond acceptors (Lipinski definition) is 5. The molecule has 1 amide bonds. The summed E-state index contributed by atoms with van der Waals surface area (Å²) in [6, 6.07) is 7.72. The summed E-state index contributed by atoms with van der Waals surface area (Å²) in [5.41, 5.74) is -0.188. The summed E-state index contributed by atoms with van der Waals surface area (Å²) < 4.78 is 71.3. The number of amides is 1. The quantitative estimate of drug-likeness (QED) is 0.643. The maximum Gasteiger partial charge on any atom is 0.417 e. The van der Waals surface area contributed by atoms with E-state index in [4.69, 9.17) is 16.3 Å². The highest BCUT2D eigenvalue weighted by atomic mass is 35.5. The van der Waals surface area contributed by atoms with Crippen LogP contribution in [0.25, 0.3) is 0 Å². The van der Waals surface area contributed by atoms with Gasteiger partial charge in [-0.05, 0) is 42.8 Å². The highest BCUT2D eigenvalue weighted by molar-refractivity contribution is 7.89. The van der Waals surface area contributed by atoms with E-state index >= 15 is 0 Å². The zero-order chi connectivity index (χ0) is 23.5. The molecule has 1 aliphatic heterocycles. The summed E-state index contributed by atoms with van der Waals surface area (Å²) in [5, 5.41) is 4.68. The third-order valence-corrected chi connectivity index (χ3v) is 7.15. The van der Waals surface area contributed by atoms with Crippen molar-refractivity contribution < 1.29 is 31.1 Å². The van der Waals surface area contributed by atoms with Crippen molar-refractivity contribution in [3.63, 3.8) is 0 Å². The Morgan fingerprint density at radius 3 is 2.44 bits per heavy atom. The van der Waals surface area contributed by atoms with Gasteiger partial charge in [0.1, 0.15) is 0 Å². The van der Waals surface area contributed by atoms with Crippen LogP contribution in [0.3, 0.4) is 0 Å². The van der Waals surface area contributed by atoms with E-state index in [0.717, 1.165) is 12.1 Å². The van der Waals surface area contributed by atoms with Gasteiger partial charge in [0.05, 0.1) is 35.2 Å². The molecule has 0 aliphatic carbocycles. The van der Waals surface area contributed by atoms with Crippen molar-refractivity contribution in [2.24, 2.45) is 0 Å². The lowest BCUT2D eigenvalue weighted by Crippen LogP contribution is -2.40. The van der Waals surface area contributed by atoms with Gasteiger partial charge in [-0.2, -0.15) is 17.5 Å². The number of nitrogens with zero attached hydrogens (tertiary/aromatic N) is 1. The van der Waals surface area contributed by atoms with E-state index < -0.39 is 32.7 Å². The molecule has 2 aromatic carbocycles. The van der Waals surface area contributed by atoms with Crippen LogP contribution >= 0.6 is 11.6 Å². The number of sulfonamides is 1. The minimum absolute atomic E-state index is 0.0620. The van der Waals surface area contributed by atoms with Gasteiger partial charge in [-0.3, -0.25) is 4.79 Å². The van der Waals surface area contributed by atoms with E-state index in [-0.39, 0.29) is 30.2 Å². The largest absolute Gasteiger partial charge is 0.417 e. The normalized spacial score (nSPS) is 15.4. The van der Waals surface area contributed by atoms with Crippen LogP contribution in [0.15, 0.2) is 41.3 Å². The van der Waals surface area contributed by atoms with Crippen molar-refractivity contribution in [2.75, 3.05) is 43.5 Å². The molecule has 3 rings (SSSR count). The van der Waals surface area contributed by atoms with Crippen LogP contribution in [0, 0.1) is 6.92 Å². The van der Waals surface area contributed by atoms with Gasteiger partial charge in [-0.1, -0.05) is 17.7 Å². The van der Waals surface area contributed by atoms with Crippen molar-refractivity contribution in [3.8, 4) is 0 Å². The molecule has 32 heavy (non-hydrogen) atoms. The predicted octanol–water partition coefficient (Wildman–Crippen LogP) is 3.74. The first-order valence-corrected chi connectivity index (χ1v) is 11.4. The van der Waals surface area contributed by atoms with Gasteiger partial charge >= 0.3 is 6.18 Å². The first-order valence-electron chi connectivity index (χ1n) is 9.57. The number of ether oxygens (including phenoxy) is 1. The van der Waals surface area contributed by atoms with Gasteiger partial charge in [0.15, 0.2) is 0 Å². The molecule has 0 bridgehead atoms. The van der Waals surface area contributed by atoms with E-state index in [1.54, 1.807) is 19.1 Å². The number of carbonyl (C=O) groups excluding carboxylic acids is 1. The van der Waals surface area contributed by atoms with Crippen molar-refractivity contribution >= 4 is 38.9 Å². The number of rotatable bonds is 6. The minimum Gasteiger partial charge on any atom is -0.379 e. The molecule has 0 atom stereocenters. The Hall–Kier alpha value is -2.34. The van der Waals surface area contributed by atoms with Crippen LogP contribution in [0.5, 0.6) is 0 Å². The molecule has 7 nitrogen and oxygen atoms in total. The zero-order valence-corrected chi connectivity index (χ0v) is 18.6. The summed E-state index contributed by atoms with van der Waals surface area (Å²) in [6.45, 7) is 2.52. The van der Waals surface area contributed by atoms with Gasteiger partial charge in [0.2, 0.25) is 15.9 Å². The number of alkyl halides is 3. The summed E-state index contributed by atoms with van der Waals surface area (Å²) >= 11 is 5.57. The van der Waals surface area contributed by atoms with Crippen LogP contribution in [0.1, 0.15) is 11.1 Å². The topological polar surface area (TPSA) is 87.7 Å². The maximum atomic E-state index is 13.0. The minimum atomic E-state index is -4.65. The van der Waals surface area contributed by atoms with E-state index in [0.29, 0.717) is 24.5 Å². The van der Waals surface area contributed by atoms with E-state index in [1.807, 2.05) is 0 Å². The second kappa shape index (κ2) is 9.65. The van der Waals surface area contributed by atoms with Gasteiger partial charge in [-0.15, -0.1) is 0 Å². The molecule has 1 fully saturated rings. The Labute approximate surface area is 188 Å². The van der Waals surface area contributed by atoms with Crippen LogP contribution in [-0.2, 0) is 25.7 Å². The lowest BCUT2D eigenvalue weighted by molar-refractivity contribution is -0.137. The highest BCUT2D eigenvalue weighted by Crippen LogP contribution is 2.36. The molecule has 0 radical (unpaired) electrons. The maximum absolute atomic E-state index is 13.0. The van der Waals surface area contributed by atoms with Crippen LogP contribution in [-0.4, -0.2) is 51.5 Å². The van der Waals surface area contributed by atoms with E-state index in [9.17, 15) is 26.4 Å². The Bertz CT molecular complexity index is 1100. The highest BCUT2D eigenvalue weighted by Gasteiger charge is 2.33. The van der Waals surface area contributed by atoms with Gasteiger partial charge in [0, 0.05) is 24.5 Å². The number of benzene rings is 2. The fourth-order valence-corrected chi connectivity index (χ4v) is 5.01. The first-order chi connectivity index (χ1) is 15.0. The molecule has 174 valence electrons. The van der Waals surface area contributed by atoms with Crippen molar-refractivity contribution in [2.45, 2.75) is 18.0 Å². The van der Waals surface area contributed by atoms with Crippen LogP contribution in [0.4, 0.5) is 24.5 Å². The number of aryl methyl sites for hydroxylation is 1. The number of hydrogen-bond donors (Lipinski definition) is 2. The lowest BCUT2D eigenvalue weighted by Gasteiger charge is -2.27. The first kappa shape index (κ1) is 24.3. The average Bonchev–Trinajstić information content (AvgIpc) is 2.74. The molecule has 0 spiro atoms. The Morgan fingerprint density at radius 2 is 1.78 bits per heavy atom. The third kappa shape index (κ3) is 5.71. The standard InChI is InChI=1S/C20H21ClF3N3O4S/c1-13-2-3-14(11-18(13)32(29,30)27-6-8-31-9-7-27)25-12-19(28)26-15-4-5-17(21)16(10-15)20(22,23)24/h2-5,10-11,25H,6-9,12H2,1H3,(H,26,28). The second-order valence-corrected chi connectivity index (χ2v) is 9.40. The fourth-order valence-electron chi connectivity index (χ4n) is 3.12. The van der Waals surface area contributed by atoms with Crippen molar-refractivity contribution in [1.82, 2.24) is 4.31 Å². The number of anilines is 2. The van der Waals surface area contributed by atoms with Gasteiger partial charge < -0.3 is 15.4 Å². The molecule has 0 aromatic heterocycles.